The molecule has 6 heteroatoms. The number of anilines is 1. The maximum atomic E-state index is 11.2. The number of hydrogen-bond donors (Lipinski definition) is 3. The standard InChI is InChI=1S/C12H15N3OS2/c1-18-9-4-2-3-8(11(9)12(13)17)15-7-5-10(16)14-6-7/h2-4,7,15H,5-6H2,1H3,(H2,13,17)(H,14,16). The summed E-state index contributed by atoms with van der Waals surface area (Å²) in [6.07, 6.45) is 2.47. The summed E-state index contributed by atoms with van der Waals surface area (Å²) in [5, 5.41) is 6.13. The van der Waals surface area contributed by atoms with Crippen LogP contribution in [0.4, 0.5) is 5.69 Å². The van der Waals surface area contributed by atoms with Gasteiger partial charge in [0.15, 0.2) is 0 Å². The third-order valence-corrected chi connectivity index (χ3v) is 3.81. The summed E-state index contributed by atoms with van der Waals surface area (Å²) >= 11 is 6.72. The second-order valence-corrected chi connectivity index (χ2v) is 5.38. The lowest BCUT2D eigenvalue weighted by molar-refractivity contribution is -0.119. The Bertz CT molecular complexity index is 490. The van der Waals surface area contributed by atoms with Crippen LogP contribution in [-0.2, 0) is 4.79 Å². The highest BCUT2D eigenvalue weighted by atomic mass is 32.2. The zero-order chi connectivity index (χ0) is 13.1. The van der Waals surface area contributed by atoms with Crippen molar-refractivity contribution in [3.63, 3.8) is 0 Å². The van der Waals surface area contributed by atoms with Gasteiger partial charge in [-0.15, -0.1) is 11.8 Å². The quantitative estimate of drug-likeness (QED) is 0.574. The van der Waals surface area contributed by atoms with Gasteiger partial charge in [-0.25, -0.2) is 0 Å². The molecule has 0 bridgehead atoms. The first kappa shape index (κ1) is 13.2. The van der Waals surface area contributed by atoms with Gasteiger partial charge in [-0.3, -0.25) is 4.79 Å². The molecule has 1 aliphatic rings. The molecule has 0 aliphatic carbocycles. The predicted octanol–water partition coefficient (Wildman–Crippen LogP) is 1.34. The van der Waals surface area contributed by atoms with Crippen LogP contribution in [0.1, 0.15) is 12.0 Å². The molecule has 1 aliphatic heterocycles. The van der Waals surface area contributed by atoms with Crippen molar-refractivity contribution in [2.45, 2.75) is 17.4 Å². The third-order valence-electron chi connectivity index (χ3n) is 2.83. The van der Waals surface area contributed by atoms with Gasteiger partial charge in [0.05, 0.1) is 6.04 Å². The summed E-state index contributed by atoms with van der Waals surface area (Å²) in [6, 6.07) is 5.99. The number of hydrogen-bond acceptors (Lipinski definition) is 4. The molecule has 96 valence electrons. The molecule has 1 aromatic rings. The van der Waals surface area contributed by atoms with E-state index >= 15 is 0 Å². The highest BCUT2D eigenvalue weighted by Crippen LogP contribution is 2.28. The molecule has 0 saturated carbocycles. The molecule has 1 aromatic carbocycles. The number of benzene rings is 1. The lowest BCUT2D eigenvalue weighted by Crippen LogP contribution is -2.24. The topological polar surface area (TPSA) is 67.1 Å². The number of amides is 1. The average molecular weight is 281 g/mol. The molecule has 1 atom stereocenters. The van der Waals surface area contributed by atoms with Crippen molar-refractivity contribution in [3.8, 4) is 0 Å². The number of carbonyl (C=O) groups excluding carboxylic acids is 1. The maximum Gasteiger partial charge on any atom is 0.222 e. The van der Waals surface area contributed by atoms with E-state index in [-0.39, 0.29) is 11.9 Å². The number of rotatable bonds is 4. The van der Waals surface area contributed by atoms with Gasteiger partial charge >= 0.3 is 0 Å². The lowest BCUT2D eigenvalue weighted by atomic mass is 10.1. The van der Waals surface area contributed by atoms with Crippen LogP contribution < -0.4 is 16.4 Å². The van der Waals surface area contributed by atoms with E-state index in [1.807, 2.05) is 24.5 Å². The Hall–Kier alpha value is -1.27. The lowest BCUT2D eigenvalue weighted by Gasteiger charge is -2.17. The van der Waals surface area contributed by atoms with E-state index < -0.39 is 0 Å². The van der Waals surface area contributed by atoms with Crippen LogP contribution in [0, 0.1) is 0 Å². The van der Waals surface area contributed by atoms with Crippen molar-refractivity contribution < 1.29 is 4.79 Å². The minimum atomic E-state index is 0.0744. The van der Waals surface area contributed by atoms with E-state index in [0.717, 1.165) is 16.1 Å². The Morgan fingerprint density at radius 1 is 1.61 bits per heavy atom. The first-order chi connectivity index (χ1) is 8.61. The molecule has 1 amide bonds. The molecule has 0 aromatic heterocycles. The van der Waals surface area contributed by atoms with Gasteiger partial charge < -0.3 is 16.4 Å². The monoisotopic (exact) mass is 281 g/mol. The Labute approximate surface area is 116 Å². The first-order valence-electron chi connectivity index (χ1n) is 5.62. The Morgan fingerprint density at radius 2 is 2.39 bits per heavy atom. The molecule has 1 heterocycles. The van der Waals surface area contributed by atoms with Crippen LogP contribution in [0.2, 0.25) is 0 Å². The van der Waals surface area contributed by atoms with Crippen molar-refractivity contribution >= 4 is 40.6 Å². The molecule has 0 radical (unpaired) electrons. The van der Waals surface area contributed by atoms with Crippen molar-refractivity contribution in [2.24, 2.45) is 5.73 Å². The van der Waals surface area contributed by atoms with E-state index in [9.17, 15) is 4.79 Å². The van der Waals surface area contributed by atoms with E-state index in [1.165, 1.54) is 0 Å². The SMILES string of the molecule is CSc1cccc(NC2CNC(=O)C2)c1C(N)=S. The van der Waals surface area contributed by atoms with Crippen LogP contribution in [0.3, 0.4) is 0 Å². The minimum Gasteiger partial charge on any atom is -0.389 e. The molecule has 1 unspecified atom stereocenters. The van der Waals surface area contributed by atoms with Crippen LogP contribution in [-0.4, -0.2) is 29.7 Å². The molecule has 1 saturated heterocycles. The zero-order valence-corrected chi connectivity index (χ0v) is 11.7. The van der Waals surface area contributed by atoms with Crippen molar-refractivity contribution in [3.05, 3.63) is 23.8 Å². The summed E-state index contributed by atoms with van der Waals surface area (Å²) in [5.74, 6) is 0.0744. The summed E-state index contributed by atoms with van der Waals surface area (Å²) < 4.78 is 0. The molecular formula is C12H15N3OS2. The fraction of sp³-hybridized carbons (Fsp3) is 0.333. The van der Waals surface area contributed by atoms with Gasteiger partial charge in [0.2, 0.25) is 5.91 Å². The Balaban J connectivity index is 2.26. The van der Waals surface area contributed by atoms with Crippen molar-refractivity contribution in [1.82, 2.24) is 5.32 Å². The third kappa shape index (κ3) is 2.76. The molecule has 0 spiro atoms. The molecule has 1 fully saturated rings. The van der Waals surface area contributed by atoms with Crippen molar-refractivity contribution in [2.75, 3.05) is 18.1 Å². The van der Waals surface area contributed by atoms with Gasteiger partial charge in [0.1, 0.15) is 4.99 Å². The van der Waals surface area contributed by atoms with Gasteiger partial charge in [-0.2, -0.15) is 0 Å². The van der Waals surface area contributed by atoms with Gasteiger partial charge in [0, 0.05) is 29.1 Å². The Morgan fingerprint density at radius 3 is 2.94 bits per heavy atom. The second-order valence-electron chi connectivity index (χ2n) is 4.10. The normalized spacial score (nSPS) is 18.5. The van der Waals surface area contributed by atoms with Gasteiger partial charge in [0.25, 0.3) is 0 Å². The van der Waals surface area contributed by atoms with Gasteiger partial charge in [-0.1, -0.05) is 18.3 Å². The summed E-state index contributed by atoms with van der Waals surface area (Å²) in [6.45, 7) is 0.638. The van der Waals surface area contributed by atoms with E-state index in [1.54, 1.807) is 11.8 Å². The maximum absolute atomic E-state index is 11.2. The smallest absolute Gasteiger partial charge is 0.222 e. The summed E-state index contributed by atoms with van der Waals surface area (Å²) in [5.41, 5.74) is 7.55. The fourth-order valence-corrected chi connectivity index (χ4v) is 2.93. The van der Waals surface area contributed by atoms with Crippen LogP contribution in [0.25, 0.3) is 0 Å². The van der Waals surface area contributed by atoms with Crippen LogP contribution >= 0.6 is 24.0 Å². The number of carbonyl (C=O) groups is 1. The van der Waals surface area contributed by atoms with E-state index in [4.69, 9.17) is 18.0 Å². The molecule has 4 N–H and O–H groups in total. The van der Waals surface area contributed by atoms with E-state index in [0.29, 0.717) is 18.0 Å². The Kier molecular flexibility index (Phi) is 4.08. The number of thiocarbonyl (C=S) groups is 1. The second kappa shape index (κ2) is 5.58. The summed E-state index contributed by atoms with van der Waals surface area (Å²) in [7, 11) is 0. The number of thioether (sulfide) groups is 1. The van der Waals surface area contributed by atoms with Crippen LogP contribution in [0.5, 0.6) is 0 Å². The van der Waals surface area contributed by atoms with Gasteiger partial charge in [-0.05, 0) is 18.4 Å². The minimum absolute atomic E-state index is 0.0744. The largest absolute Gasteiger partial charge is 0.389 e. The van der Waals surface area contributed by atoms with Crippen LogP contribution in [0.15, 0.2) is 23.1 Å². The predicted molar refractivity (Wildman–Crippen MR) is 79.1 cm³/mol. The zero-order valence-electron chi connectivity index (χ0n) is 10.0. The number of nitrogens with two attached hydrogens (primary N) is 1. The van der Waals surface area contributed by atoms with Crippen molar-refractivity contribution in [1.29, 1.82) is 0 Å². The molecule has 4 nitrogen and oxygen atoms in total. The fourth-order valence-electron chi connectivity index (χ4n) is 2.00. The highest BCUT2D eigenvalue weighted by Gasteiger charge is 2.22. The summed E-state index contributed by atoms with van der Waals surface area (Å²) in [4.78, 5) is 12.6. The first-order valence-corrected chi connectivity index (χ1v) is 7.25. The molecule has 2 rings (SSSR count). The number of nitrogens with one attached hydrogen (secondary N) is 2. The molecule has 18 heavy (non-hydrogen) atoms. The average Bonchev–Trinajstić information content (AvgIpc) is 2.74. The molecular weight excluding hydrogens is 266 g/mol. The van der Waals surface area contributed by atoms with E-state index in [2.05, 4.69) is 10.6 Å². The highest BCUT2D eigenvalue weighted by molar-refractivity contribution is 7.98.